The predicted octanol–water partition coefficient (Wildman–Crippen LogP) is 2.94. The minimum absolute atomic E-state index is 0.00721. The summed E-state index contributed by atoms with van der Waals surface area (Å²) < 4.78 is 25.0. The molecule has 0 saturated carbocycles. The van der Waals surface area contributed by atoms with Gasteiger partial charge in [0.2, 0.25) is 11.8 Å². The van der Waals surface area contributed by atoms with Crippen molar-refractivity contribution >= 4 is 26.1 Å². The second-order valence-electron chi connectivity index (χ2n) is 9.03. The highest BCUT2D eigenvalue weighted by atomic mass is 28.4. The van der Waals surface area contributed by atoms with Crippen molar-refractivity contribution in [2.45, 2.75) is 70.8 Å². The molecule has 1 aromatic carbocycles. The van der Waals surface area contributed by atoms with Crippen LogP contribution in [0, 0.1) is 5.82 Å². The first-order chi connectivity index (χ1) is 14.3. The third kappa shape index (κ3) is 8.41. The van der Waals surface area contributed by atoms with Gasteiger partial charge >= 0.3 is 5.97 Å². The zero-order chi connectivity index (χ0) is 23.8. The fourth-order valence-electron chi connectivity index (χ4n) is 2.65. The molecule has 1 aromatic rings. The van der Waals surface area contributed by atoms with Crippen LogP contribution in [0.1, 0.15) is 39.7 Å². The summed E-state index contributed by atoms with van der Waals surface area (Å²) in [6.45, 7) is 12.1. The maximum absolute atomic E-state index is 14.0. The van der Waals surface area contributed by atoms with E-state index in [1.54, 1.807) is 18.2 Å². The predicted molar refractivity (Wildman–Crippen MR) is 119 cm³/mol. The molecule has 2 atom stereocenters. The molecule has 7 nitrogen and oxygen atoms in total. The molecule has 0 fully saturated rings. The molecule has 31 heavy (non-hydrogen) atoms. The van der Waals surface area contributed by atoms with E-state index in [1.165, 1.54) is 20.1 Å². The second kappa shape index (κ2) is 11.4. The van der Waals surface area contributed by atoms with Crippen LogP contribution in [0.15, 0.2) is 24.3 Å². The highest BCUT2D eigenvalue weighted by molar-refractivity contribution is 6.74. The quantitative estimate of drug-likeness (QED) is 0.419. The Morgan fingerprint density at radius 3 is 2.23 bits per heavy atom. The van der Waals surface area contributed by atoms with E-state index in [-0.39, 0.29) is 30.1 Å². The number of carbonyl (C=O) groups is 3. The molecule has 0 spiro atoms. The van der Waals surface area contributed by atoms with Crippen LogP contribution in [0.4, 0.5) is 4.39 Å². The van der Waals surface area contributed by atoms with E-state index >= 15 is 0 Å². The SMILES string of the molecule is COC(=O)[C@@H](CCO[Si](C)(C)C(C)(C)C)NC(=O)[C@H](Cc1ccccc1F)NC(C)=O. The second-order valence-corrected chi connectivity index (χ2v) is 13.8. The van der Waals surface area contributed by atoms with Crippen molar-refractivity contribution in [3.63, 3.8) is 0 Å². The van der Waals surface area contributed by atoms with Crippen LogP contribution in [-0.2, 0) is 30.0 Å². The Labute approximate surface area is 185 Å². The summed E-state index contributed by atoms with van der Waals surface area (Å²) in [6, 6.07) is 4.04. The molecule has 0 bridgehead atoms. The van der Waals surface area contributed by atoms with Gasteiger partial charge in [0.25, 0.3) is 0 Å². The van der Waals surface area contributed by atoms with Gasteiger partial charge in [0.05, 0.1) is 7.11 Å². The van der Waals surface area contributed by atoms with Crippen LogP contribution in [0.3, 0.4) is 0 Å². The van der Waals surface area contributed by atoms with E-state index in [0.717, 1.165) is 0 Å². The summed E-state index contributed by atoms with van der Waals surface area (Å²) in [5.41, 5.74) is 0.285. The highest BCUT2D eigenvalue weighted by Gasteiger charge is 2.37. The Morgan fingerprint density at radius 1 is 1.10 bits per heavy atom. The Kier molecular flexibility index (Phi) is 9.83. The Morgan fingerprint density at radius 2 is 1.71 bits per heavy atom. The minimum atomic E-state index is -2.02. The van der Waals surface area contributed by atoms with Gasteiger partial charge in [0.15, 0.2) is 8.32 Å². The Bertz CT molecular complexity index is 779. The molecular weight excluding hydrogens is 419 g/mol. The lowest BCUT2D eigenvalue weighted by Crippen LogP contribution is -2.53. The number of carbonyl (C=O) groups excluding carboxylic acids is 3. The van der Waals surface area contributed by atoms with Gasteiger partial charge in [-0.2, -0.15) is 0 Å². The van der Waals surface area contributed by atoms with Gasteiger partial charge in [-0.25, -0.2) is 9.18 Å². The van der Waals surface area contributed by atoms with Crippen molar-refractivity contribution in [1.82, 2.24) is 10.6 Å². The first-order valence-electron chi connectivity index (χ1n) is 10.3. The first kappa shape index (κ1) is 26.8. The van der Waals surface area contributed by atoms with Gasteiger partial charge in [-0.15, -0.1) is 0 Å². The molecular formula is C22H35FN2O5Si. The van der Waals surface area contributed by atoms with Crippen molar-refractivity contribution in [2.24, 2.45) is 0 Å². The summed E-state index contributed by atoms with van der Waals surface area (Å²) >= 11 is 0. The van der Waals surface area contributed by atoms with Gasteiger partial charge in [-0.05, 0) is 29.8 Å². The van der Waals surface area contributed by atoms with Crippen molar-refractivity contribution in [2.75, 3.05) is 13.7 Å². The molecule has 9 heteroatoms. The number of rotatable bonds is 10. The van der Waals surface area contributed by atoms with Crippen LogP contribution in [0.5, 0.6) is 0 Å². The molecule has 0 unspecified atom stereocenters. The molecule has 0 aromatic heterocycles. The van der Waals surface area contributed by atoms with Gasteiger partial charge in [0, 0.05) is 26.4 Å². The zero-order valence-electron chi connectivity index (χ0n) is 19.5. The van der Waals surface area contributed by atoms with Gasteiger partial charge in [-0.3, -0.25) is 9.59 Å². The number of hydrogen-bond donors (Lipinski definition) is 2. The minimum Gasteiger partial charge on any atom is -0.467 e. The van der Waals surface area contributed by atoms with Crippen molar-refractivity contribution in [1.29, 1.82) is 0 Å². The lowest BCUT2D eigenvalue weighted by molar-refractivity contribution is -0.145. The molecule has 1 rings (SSSR count). The van der Waals surface area contributed by atoms with E-state index in [4.69, 9.17) is 9.16 Å². The van der Waals surface area contributed by atoms with Crippen LogP contribution in [0.2, 0.25) is 18.1 Å². The molecule has 174 valence electrons. The summed E-state index contributed by atoms with van der Waals surface area (Å²) in [4.78, 5) is 36.7. The zero-order valence-corrected chi connectivity index (χ0v) is 20.5. The average molecular weight is 455 g/mol. The number of esters is 1. The smallest absolute Gasteiger partial charge is 0.328 e. The summed E-state index contributed by atoms with van der Waals surface area (Å²) in [5.74, 6) is -2.12. The summed E-state index contributed by atoms with van der Waals surface area (Å²) in [5, 5.41) is 5.15. The van der Waals surface area contributed by atoms with Crippen LogP contribution >= 0.6 is 0 Å². The van der Waals surface area contributed by atoms with Gasteiger partial charge < -0.3 is 19.8 Å². The van der Waals surface area contributed by atoms with Crippen LogP contribution in [0.25, 0.3) is 0 Å². The molecule has 0 radical (unpaired) electrons. The van der Waals surface area contributed by atoms with Crippen molar-refractivity contribution in [3.05, 3.63) is 35.6 Å². The number of methoxy groups -OCH3 is 1. The monoisotopic (exact) mass is 454 g/mol. The maximum atomic E-state index is 14.0. The number of ether oxygens (including phenoxy) is 1. The van der Waals surface area contributed by atoms with Crippen LogP contribution < -0.4 is 10.6 Å². The van der Waals surface area contributed by atoms with Gasteiger partial charge in [-0.1, -0.05) is 39.0 Å². The lowest BCUT2D eigenvalue weighted by Gasteiger charge is -2.36. The van der Waals surface area contributed by atoms with E-state index in [9.17, 15) is 18.8 Å². The molecule has 0 aliphatic carbocycles. The van der Waals surface area contributed by atoms with E-state index in [2.05, 4.69) is 44.5 Å². The summed E-state index contributed by atoms with van der Waals surface area (Å²) in [7, 11) is -0.784. The van der Waals surface area contributed by atoms with Crippen molar-refractivity contribution in [3.8, 4) is 0 Å². The first-order valence-corrected chi connectivity index (χ1v) is 13.2. The molecule has 2 amide bonds. The fourth-order valence-corrected chi connectivity index (χ4v) is 3.71. The fraction of sp³-hybridized carbons (Fsp3) is 0.591. The Balaban J connectivity index is 2.89. The van der Waals surface area contributed by atoms with Gasteiger partial charge in [0.1, 0.15) is 17.9 Å². The lowest BCUT2D eigenvalue weighted by atomic mass is 10.0. The number of amides is 2. The average Bonchev–Trinajstić information content (AvgIpc) is 2.66. The third-order valence-electron chi connectivity index (χ3n) is 5.55. The highest BCUT2D eigenvalue weighted by Crippen LogP contribution is 2.36. The van der Waals surface area contributed by atoms with E-state index in [1.807, 2.05) is 0 Å². The van der Waals surface area contributed by atoms with E-state index in [0.29, 0.717) is 0 Å². The molecule has 0 aliphatic rings. The Hall–Kier alpha value is -2.26. The molecule has 0 aliphatic heterocycles. The van der Waals surface area contributed by atoms with Crippen molar-refractivity contribution < 1.29 is 27.9 Å². The maximum Gasteiger partial charge on any atom is 0.328 e. The molecule has 0 heterocycles. The van der Waals surface area contributed by atoms with Crippen LogP contribution in [-0.4, -0.2) is 51.9 Å². The standard InChI is InChI=1S/C22H35FN2O5Si/c1-15(26)24-19(14-16-10-8-9-11-17(16)23)20(27)25-18(21(28)29-5)12-13-30-31(6,7)22(2,3)4/h8-11,18-19H,12-14H2,1-7H3,(H,24,26)(H,25,27)/t18-,19+/m1/s1. The molecule has 0 saturated heterocycles. The normalized spacial score (nSPS) is 13.8. The number of nitrogens with one attached hydrogen (secondary N) is 2. The summed E-state index contributed by atoms with van der Waals surface area (Å²) in [6.07, 6.45) is 0.170. The number of halogens is 1. The topological polar surface area (TPSA) is 93.7 Å². The molecule has 2 N–H and O–H groups in total. The largest absolute Gasteiger partial charge is 0.467 e. The third-order valence-corrected chi connectivity index (χ3v) is 10.1. The van der Waals surface area contributed by atoms with E-state index < -0.39 is 44.0 Å². The number of hydrogen-bond acceptors (Lipinski definition) is 5. The number of benzene rings is 1.